The lowest BCUT2D eigenvalue weighted by Gasteiger charge is -2.35. The molecule has 0 bridgehead atoms. The van der Waals surface area contributed by atoms with E-state index in [-0.39, 0.29) is 6.04 Å². The summed E-state index contributed by atoms with van der Waals surface area (Å²) in [5.74, 6) is 3.17. The molecule has 19 heavy (non-hydrogen) atoms. The summed E-state index contributed by atoms with van der Waals surface area (Å²) >= 11 is 0. The van der Waals surface area contributed by atoms with Gasteiger partial charge in [-0.1, -0.05) is 26.0 Å². The quantitative estimate of drug-likeness (QED) is 0.883. The molecule has 106 valence electrons. The minimum absolute atomic E-state index is 0.167. The molecular weight excluding hydrogens is 234 g/mol. The van der Waals surface area contributed by atoms with Crippen LogP contribution >= 0.6 is 0 Å². The van der Waals surface area contributed by atoms with Crippen molar-refractivity contribution in [1.29, 1.82) is 0 Å². The zero-order valence-corrected chi connectivity index (χ0v) is 12.4. The average molecular weight is 261 g/mol. The molecule has 2 nitrogen and oxygen atoms in total. The van der Waals surface area contributed by atoms with Gasteiger partial charge in [-0.2, -0.15) is 0 Å². The molecule has 0 aliphatic heterocycles. The molecule has 1 fully saturated rings. The van der Waals surface area contributed by atoms with Crippen molar-refractivity contribution in [2.45, 2.75) is 46.1 Å². The Bertz CT molecular complexity index is 377. The van der Waals surface area contributed by atoms with Gasteiger partial charge in [-0.3, -0.25) is 0 Å². The van der Waals surface area contributed by atoms with Crippen LogP contribution in [-0.4, -0.2) is 6.61 Å². The lowest BCUT2D eigenvalue weighted by Crippen LogP contribution is -2.29. The molecule has 0 amide bonds. The number of benzene rings is 1. The zero-order valence-electron chi connectivity index (χ0n) is 12.4. The predicted molar refractivity (Wildman–Crippen MR) is 80.2 cm³/mol. The second-order valence-corrected chi connectivity index (χ2v) is 6.21. The van der Waals surface area contributed by atoms with E-state index in [1.165, 1.54) is 24.8 Å². The van der Waals surface area contributed by atoms with Crippen LogP contribution in [0.25, 0.3) is 0 Å². The molecule has 0 spiro atoms. The Morgan fingerprint density at radius 1 is 1.11 bits per heavy atom. The van der Waals surface area contributed by atoms with E-state index in [0.29, 0.717) is 12.5 Å². The predicted octanol–water partition coefficient (Wildman–Crippen LogP) is 4.16. The Balaban J connectivity index is 2.03. The fourth-order valence-corrected chi connectivity index (χ4v) is 3.53. The van der Waals surface area contributed by atoms with Crippen molar-refractivity contribution in [3.63, 3.8) is 0 Å². The Morgan fingerprint density at radius 3 is 2.21 bits per heavy atom. The second kappa shape index (κ2) is 6.42. The van der Waals surface area contributed by atoms with E-state index in [1.54, 1.807) is 0 Å². The van der Waals surface area contributed by atoms with E-state index in [1.807, 2.05) is 19.1 Å². The van der Waals surface area contributed by atoms with Gasteiger partial charge >= 0.3 is 0 Å². The maximum Gasteiger partial charge on any atom is 0.119 e. The van der Waals surface area contributed by atoms with Gasteiger partial charge in [0.15, 0.2) is 0 Å². The van der Waals surface area contributed by atoms with Crippen molar-refractivity contribution >= 4 is 0 Å². The number of nitrogens with two attached hydrogens (primary N) is 1. The van der Waals surface area contributed by atoms with Crippen LogP contribution in [0, 0.1) is 17.8 Å². The van der Waals surface area contributed by atoms with E-state index in [0.717, 1.165) is 17.6 Å². The molecule has 0 aromatic heterocycles. The first-order valence-electron chi connectivity index (χ1n) is 7.58. The van der Waals surface area contributed by atoms with Gasteiger partial charge in [0.1, 0.15) is 5.75 Å². The smallest absolute Gasteiger partial charge is 0.119 e. The maximum absolute atomic E-state index is 6.48. The molecule has 1 saturated carbocycles. The van der Waals surface area contributed by atoms with Crippen molar-refractivity contribution in [3.05, 3.63) is 29.8 Å². The van der Waals surface area contributed by atoms with Gasteiger partial charge in [-0.15, -0.1) is 0 Å². The number of hydrogen-bond donors (Lipinski definition) is 1. The number of ether oxygens (including phenoxy) is 1. The standard InChI is InChI=1S/C17H27NO/c1-4-19-16-7-5-14(6-8-16)17(18)15-10-12(2)9-13(3)11-15/h5-8,12-13,15,17H,4,9-11,18H2,1-3H3. The third-order valence-corrected chi connectivity index (χ3v) is 4.30. The monoisotopic (exact) mass is 261 g/mol. The van der Waals surface area contributed by atoms with Crippen LogP contribution in [-0.2, 0) is 0 Å². The van der Waals surface area contributed by atoms with Gasteiger partial charge in [0.2, 0.25) is 0 Å². The van der Waals surface area contributed by atoms with E-state index >= 15 is 0 Å². The number of rotatable bonds is 4. The molecular formula is C17H27NO. The zero-order chi connectivity index (χ0) is 13.8. The van der Waals surface area contributed by atoms with E-state index < -0.39 is 0 Å². The van der Waals surface area contributed by atoms with Gasteiger partial charge in [0, 0.05) is 6.04 Å². The Kier molecular flexibility index (Phi) is 4.87. The highest BCUT2D eigenvalue weighted by Gasteiger charge is 2.28. The fraction of sp³-hybridized carbons (Fsp3) is 0.647. The van der Waals surface area contributed by atoms with Crippen molar-refractivity contribution in [3.8, 4) is 5.75 Å². The molecule has 3 unspecified atom stereocenters. The Hall–Kier alpha value is -1.02. The molecule has 2 N–H and O–H groups in total. The normalized spacial score (nSPS) is 28.9. The van der Waals surface area contributed by atoms with Crippen LogP contribution in [0.2, 0.25) is 0 Å². The Labute approximate surface area is 117 Å². The first-order chi connectivity index (χ1) is 9.10. The number of hydrogen-bond acceptors (Lipinski definition) is 2. The first-order valence-corrected chi connectivity index (χ1v) is 7.58. The van der Waals surface area contributed by atoms with E-state index in [4.69, 9.17) is 10.5 Å². The van der Waals surface area contributed by atoms with Crippen LogP contribution in [0.5, 0.6) is 5.75 Å². The first kappa shape index (κ1) is 14.4. The summed E-state index contributed by atoms with van der Waals surface area (Å²) in [7, 11) is 0. The second-order valence-electron chi connectivity index (χ2n) is 6.21. The average Bonchev–Trinajstić information content (AvgIpc) is 2.38. The molecule has 2 rings (SSSR count). The largest absolute Gasteiger partial charge is 0.494 e. The van der Waals surface area contributed by atoms with Gasteiger partial charge in [0.25, 0.3) is 0 Å². The van der Waals surface area contributed by atoms with Gasteiger partial charge in [0.05, 0.1) is 6.61 Å². The minimum Gasteiger partial charge on any atom is -0.494 e. The molecule has 3 atom stereocenters. The maximum atomic E-state index is 6.48. The van der Waals surface area contributed by atoms with Crippen molar-refractivity contribution in [1.82, 2.24) is 0 Å². The molecule has 0 saturated heterocycles. The SMILES string of the molecule is CCOc1ccc(C(N)C2CC(C)CC(C)C2)cc1. The summed E-state index contributed by atoms with van der Waals surface area (Å²) < 4.78 is 5.48. The molecule has 1 aliphatic rings. The van der Waals surface area contributed by atoms with Crippen LogP contribution in [0.3, 0.4) is 0 Å². The summed E-state index contributed by atoms with van der Waals surface area (Å²) in [6.07, 6.45) is 3.88. The molecule has 0 radical (unpaired) electrons. The fourth-order valence-electron chi connectivity index (χ4n) is 3.53. The van der Waals surface area contributed by atoms with Crippen LogP contribution in [0.1, 0.15) is 51.6 Å². The molecule has 1 aliphatic carbocycles. The summed E-state index contributed by atoms with van der Waals surface area (Å²) in [5.41, 5.74) is 7.72. The van der Waals surface area contributed by atoms with Crippen LogP contribution in [0.4, 0.5) is 0 Å². The molecule has 1 aromatic rings. The highest BCUT2D eigenvalue weighted by molar-refractivity contribution is 5.29. The molecule has 0 heterocycles. The summed E-state index contributed by atoms with van der Waals surface area (Å²) in [4.78, 5) is 0. The third-order valence-electron chi connectivity index (χ3n) is 4.30. The Morgan fingerprint density at radius 2 is 1.68 bits per heavy atom. The molecule has 2 heteroatoms. The van der Waals surface area contributed by atoms with Crippen LogP contribution < -0.4 is 10.5 Å². The summed E-state index contributed by atoms with van der Waals surface area (Å²) in [6.45, 7) is 7.43. The van der Waals surface area contributed by atoms with Gasteiger partial charge in [-0.05, 0) is 61.6 Å². The van der Waals surface area contributed by atoms with Gasteiger partial charge < -0.3 is 10.5 Å². The summed E-state index contributed by atoms with van der Waals surface area (Å²) in [6, 6.07) is 8.49. The topological polar surface area (TPSA) is 35.2 Å². The van der Waals surface area contributed by atoms with Gasteiger partial charge in [-0.25, -0.2) is 0 Å². The van der Waals surface area contributed by atoms with Crippen molar-refractivity contribution < 1.29 is 4.74 Å². The summed E-state index contributed by atoms with van der Waals surface area (Å²) in [5, 5.41) is 0. The highest BCUT2D eigenvalue weighted by atomic mass is 16.5. The third kappa shape index (κ3) is 3.73. The lowest BCUT2D eigenvalue weighted by molar-refractivity contribution is 0.193. The van der Waals surface area contributed by atoms with Crippen LogP contribution in [0.15, 0.2) is 24.3 Å². The lowest BCUT2D eigenvalue weighted by atomic mass is 9.72. The molecule has 1 aromatic carbocycles. The van der Waals surface area contributed by atoms with Crippen molar-refractivity contribution in [2.75, 3.05) is 6.61 Å². The minimum atomic E-state index is 0.167. The highest BCUT2D eigenvalue weighted by Crippen LogP contribution is 2.38. The van der Waals surface area contributed by atoms with E-state index in [2.05, 4.69) is 26.0 Å². The van der Waals surface area contributed by atoms with E-state index in [9.17, 15) is 0 Å². The van der Waals surface area contributed by atoms with Crippen molar-refractivity contribution in [2.24, 2.45) is 23.5 Å².